The maximum Gasteiger partial charge on any atom is 0.149 e. The van der Waals surface area contributed by atoms with Gasteiger partial charge in [-0.2, -0.15) is 0 Å². The minimum Gasteiger partial charge on any atom is -0.494 e. The predicted octanol–water partition coefficient (Wildman–Crippen LogP) is 5.99. The Morgan fingerprint density at radius 1 is 1.00 bits per heavy atom. The highest BCUT2D eigenvalue weighted by Crippen LogP contribution is 2.37. The van der Waals surface area contributed by atoms with Crippen molar-refractivity contribution in [2.45, 2.75) is 31.0 Å². The van der Waals surface area contributed by atoms with Gasteiger partial charge in [0.05, 0.1) is 12.0 Å². The number of aromatic nitrogens is 3. The second-order valence-electron chi connectivity index (χ2n) is 6.75. The monoisotopic (exact) mass is 389 g/mol. The predicted molar refractivity (Wildman–Crippen MR) is 116 cm³/mol. The highest BCUT2D eigenvalue weighted by Gasteiger charge is 2.18. The van der Waals surface area contributed by atoms with E-state index in [1.54, 1.807) is 18.1 Å². The van der Waals surface area contributed by atoms with Gasteiger partial charge in [0.25, 0.3) is 0 Å². The third-order valence-electron chi connectivity index (χ3n) is 4.41. The molecule has 2 heterocycles. The van der Waals surface area contributed by atoms with Gasteiger partial charge in [0.15, 0.2) is 0 Å². The summed E-state index contributed by atoms with van der Waals surface area (Å²) in [7, 11) is 0. The standard InChI is InChI=1S/C23H23N3OS/c1-4-27-19-12-10-18(11-13-19)26-14-20(17-8-6-5-7-9-17)21-22(26)24-15-25-23(21)28-16(2)3/h5-16H,4H2,1-3H3. The van der Waals surface area contributed by atoms with Crippen LogP contribution in [0.25, 0.3) is 27.8 Å². The van der Waals surface area contributed by atoms with Crippen molar-refractivity contribution in [1.29, 1.82) is 0 Å². The van der Waals surface area contributed by atoms with E-state index in [0.29, 0.717) is 11.9 Å². The molecule has 0 unspecified atom stereocenters. The lowest BCUT2D eigenvalue weighted by Crippen LogP contribution is -1.97. The minimum atomic E-state index is 0.440. The number of rotatable bonds is 6. The molecule has 4 aromatic rings. The number of thioether (sulfide) groups is 1. The molecule has 4 rings (SSSR count). The molecule has 0 saturated heterocycles. The van der Waals surface area contributed by atoms with Gasteiger partial charge in [-0.1, -0.05) is 44.2 Å². The molecule has 28 heavy (non-hydrogen) atoms. The Kier molecular flexibility index (Phi) is 5.35. The van der Waals surface area contributed by atoms with Crippen LogP contribution in [0.5, 0.6) is 5.75 Å². The molecule has 0 bridgehead atoms. The SMILES string of the molecule is CCOc1ccc(-n2cc(-c3ccccc3)c3c(SC(C)C)ncnc32)cc1. The van der Waals surface area contributed by atoms with Crippen molar-refractivity contribution in [3.63, 3.8) is 0 Å². The highest BCUT2D eigenvalue weighted by molar-refractivity contribution is 8.00. The molecule has 0 saturated carbocycles. The smallest absolute Gasteiger partial charge is 0.149 e. The third kappa shape index (κ3) is 3.62. The third-order valence-corrected chi connectivity index (χ3v) is 5.41. The maximum absolute atomic E-state index is 5.58. The lowest BCUT2D eigenvalue weighted by atomic mass is 10.1. The van der Waals surface area contributed by atoms with Crippen LogP contribution in [0.15, 0.2) is 72.1 Å². The number of hydrogen-bond acceptors (Lipinski definition) is 4. The zero-order chi connectivity index (χ0) is 19.5. The van der Waals surface area contributed by atoms with Crippen LogP contribution in [-0.2, 0) is 0 Å². The Labute approximate surface area is 169 Å². The van der Waals surface area contributed by atoms with Gasteiger partial charge in [0.1, 0.15) is 22.7 Å². The van der Waals surface area contributed by atoms with Crippen molar-refractivity contribution in [1.82, 2.24) is 14.5 Å². The molecular weight excluding hydrogens is 366 g/mol. The average molecular weight is 390 g/mol. The maximum atomic E-state index is 5.58. The first kappa shape index (κ1) is 18.6. The quantitative estimate of drug-likeness (QED) is 0.300. The van der Waals surface area contributed by atoms with E-state index >= 15 is 0 Å². The van der Waals surface area contributed by atoms with Crippen molar-refractivity contribution in [2.75, 3.05) is 6.61 Å². The van der Waals surface area contributed by atoms with Gasteiger partial charge in [-0.3, -0.25) is 0 Å². The molecule has 0 amide bonds. The molecule has 0 N–H and O–H groups in total. The molecule has 2 aromatic heterocycles. The van der Waals surface area contributed by atoms with E-state index in [4.69, 9.17) is 4.74 Å². The van der Waals surface area contributed by atoms with Crippen LogP contribution in [0, 0.1) is 0 Å². The minimum absolute atomic E-state index is 0.440. The second kappa shape index (κ2) is 8.07. The molecule has 2 aromatic carbocycles. The van der Waals surface area contributed by atoms with Gasteiger partial charge >= 0.3 is 0 Å². The zero-order valence-corrected chi connectivity index (χ0v) is 17.1. The first-order chi connectivity index (χ1) is 13.7. The van der Waals surface area contributed by atoms with E-state index in [1.807, 2.05) is 25.1 Å². The van der Waals surface area contributed by atoms with E-state index in [9.17, 15) is 0 Å². The Hall–Kier alpha value is -2.79. The van der Waals surface area contributed by atoms with Crippen molar-refractivity contribution in [3.8, 4) is 22.6 Å². The summed E-state index contributed by atoms with van der Waals surface area (Å²) in [6, 6.07) is 18.6. The van der Waals surface area contributed by atoms with E-state index in [0.717, 1.165) is 38.6 Å². The molecule has 0 aliphatic carbocycles. The summed E-state index contributed by atoms with van der Waals surface area (Å²) < 4.78 is 7.72. The Bertz CT molecular complexity index is 1070. The van der Waals surface area contributed by atoms with Gasteiger partial charge in [-0.25, -0.2) is 9.97 Å². The molecule has 0 spiro atoms. The summed E-state index contributed by atoms with van der Waals surface area (Å²) in [5.41, 5.74) is 4.28. The average Bonchev–Trinajstić information content (AvgIpc) is 3.10. The van der Waals surface area contributed by atoms with Crippen LogP contribution in [0.4, 0.5) is 0 Å². The second-order valence-corrected chi connectivity index (χ2v) is 8.31. The molecule has 5 heteroatoms. The highest BCUT2D eigenvalue weighted by atomic mass is 32.2. The van der Waals surface area contributed by atoms with E-state index < -0.39 is 0 Å². The Morgan fingerprint density at radius 3 is 2.43 bits per heavy atom. The van der Waals surface area contributed by atoms with E-state index in [-0.39, 0.29) is 0 Å². The van der Waals surface area contributed by atoms with Gasteiger partial charge < -0.3 is 9.30 Å². The Balaban J connectivity index is 1.92. The van der Waals surface area contributed by atoms with Gasteiger partial charge in [-0.15, -0.1) is 11.8 Å². The number of benzene rings is 2. The topological polar surface area (TPSA) is 39.9 Å². The van der Waals surface area contributed by atoms with Crippen LogP contribution in [0.1, 0.15) is 20.8 Å². The molecular formula is C23H23N3OS. The summed E-state index contributed by atoms with van der Waals surface area (Å²) in [6.07, 6.45) is 3.82. The zero-order valence-electron chi connectivity index (χ0n) is 16.3. The summed E-state index contributed by atoms with van der Waals surface area (Å²) in [5, 5.41) is 2.56. The lowest BCUT2D eigenvalue weighted by Gasteiger charge is -2.08. The van der Waals surface area contributed by atoms with Crippen molar-refractivity contribution >= 4 is 22.8 Å². The fourth-order valence-electron chi connectivity index (χ4n) is 3.25. The number of hydrogen-bond donors (Lipinski definition) is 0. The number of fused-ring (bicyclic) bond motifs is 1. The first-order valence-corrected chi connectivity index (χ1v) is 10.4. The summed E-state index contributed by atoms with van der Waals surface area (Å²) in [6.45, 7) is 7.02. The number of ether oxygens (including phenoxy) is 1. The summed E-state index contributed by atoms with van der Waals surface area (Å²) >= 11 is 1.77. The molecule has 142 valence electrons. The van der Waals surface area contributed by atoms with Crippen molar-refractivity contribution in [2.24, 2.45) is 0 Å². The van der Waals surface area contributed by atoms with Crippen molar-refractivity contribution in [3.05, 3.63) is 67.1 Å². The lowest BCUT2D eigenvalue weighted by molar-refractivity contribution is 0.340. The Morgan fingerprint density at radius 2 is 1.75 bits per heavy atom. The van der Waals surface area contributed by atoms with E-state index in [1.165, 1.54) is 0 Å². The molecule has 0 radical (unpaired) electrons. The largest absolute Gasteiger partial charge is 0.494 e. The number of nitrogens with zero attached hydrogens (tertiary/aromatic N) is 3. The fourth-order valence-corrected chi connectivity index (χ4v) is 4.12. The molecule has 4 nitrogen and oxygen atoms in total. The van der Waals surface area contributed by atoms with Gasteiger partial charge in [0, 0.05) is 22.7 Å². The fraction of sp³-hybridized carbons (Fsp3) is 0.217. The van der Waals surface area contributed by atoms with Gasteiger partial charge in [-0.05, 0) is 36.8 Å². The first-order valence-electron chi connectivity index (χ1n) is 9.48. The van der Waals surface area contributed by atoms with E-state index in [2.05, 4.69) is 71.0 Å². The van der Waals surface area contributed by atoms with Crippen molar-refractivity contribution < 1.29 is 4.74 Å². The van der Waals surface area contributed by atoms with Crippen LogP contribution in [-0.4, -0.2) is 26.4 Å². The van der Waals surface area contributed by atoms with Crippen LogP contribution in [0.3, 0.4) is 0 Å². The summed E-state index contributed by atoms with van der Waals surface area (Å²) in [5.74, 6) is 0.872. The van der Waals surface area contributed by atoms with Crippen LogP contribution < -0.4 is 4.74 Å². The van der Waals surface area contributed by atoms with Crippen LogP contribution >= 0.6 is 11.8 Å². The molecule has 0 atom stereocenters. The molecule has 0 aliphatic heterocycles. The summed E-state index contributed by atoms with van der Waals surface area (Å²) in [4.78, 5) is 9.23. The molecule has 0 aliphatic rings. The normalized spacial score (nSPS) is 11.3. The van der Waals surface area contributed by atoms with Gasteiger partial charge in [0.2, 0.25) is 0 Å². The molecule has 0 fully saturated rings. The van der Waals surface area contributed by atoms with Crippen LogP contribution in [0.2, 0.25) is 0 Å².